The van der Waals surface area contributed by atoms with Crippen molar-refractivity contribution in [3.8, 4) is 0 Å². The lowest BCUT2D eigenvalue weighted by Crippen LogP contribution is -2.37. The van der Waals surface area contributed by atoms with Crippen LogP contribution in [0.2, 0.25) is 0 Å². The van der Waals surface area contributed by atoms with Crippen LogP contribution >= 0.6 is 11.8 Å². The minimum absolute atomic E-state index is 0.141. The lowest BCUT2D eigenvalue weighted by molar-refractivity contribution is 0.588. The van der Waals surface area contributed by atoms with E-state index < -0.39 is 10.0 Å². The van der Waals surface area contributed by atoms with Gasteiger partial charge in [-0.1, -0.05) is 6.92 Å². The first-order valence-corrected chi connectivity index (χ1v) is 9.20. The lowest BCUT2D eigenvalue weighted by Gasteiger charge is -2.34. The van der Waals surface area contributed by atoms with E-state index in [0.29, 0.717) is 10.9 Å². The molecule has 0 radical (unpaired) electrons. The second-order valence-electron chi connectivity index (χ2n) is 4.78. The summed E-state index contributed by atoms with van der Waals surface area (Å²) < 4.78 is 25.9. The topological polar surface area (TPSA) is 75.4 Å². The highest BCUT2D eigenvalue weighted by molar-refractivity contribution is 8.00. The van der Waals surface area contributed by atoms with Crippen LogP contribution in [0.3, 0.4) is 0 Å². The molecule has 0 bridgehead atoms. The molecule has 0 aromatic heterocycles. The first-order chi connectivity index (χ1) is 9.47. The van der Waals surface area contributed by atoms with Gasteiger partial charge in [-0.15, -0.1) is 0 Å². The Morgan fingerprint density at radius 2 is 2.25 bits per heavy atom. The molecular weight excluding hydrogens is 294 g/mol. The summed E-state index contributed by atoms with van der Waals surface area (Å²) in [6.45, 7) is 4.15. The molecule has 1 saturated heterocycles. The number of anilines is 2. The van der Waals surface area contributed by atoms with E-state index in [9.17, 15) is 8.42 Å². The van der Waals surface area contributed by atoms with Crippen LogP contribution in [0.1, 0.15) is 13.3 Å². The number of thioether (sulfide) groups is 1. The van der Waals surface area contributed by atoms with Crippen molar-refractivity contribution in [1.29, 1.82) is 0 Å². The van der Waals surface area contributed by atoms with Gasteiger partial charge in [-0.2, -0.15) is 11.8 Å². The van der Waals surface area contributed by atoms with Gasteiger partial charge in [0.2, 0.25) is 10.0 Å². The van der Waals surface area contributed by atoms with Crippen molar-refractivity contribution in [3.63, 3.8) is 0 Å². The number of rotatable bonds is 4. The van der Waals surface area contributed by atoms with Gasteiger partial charge < -0.3 is 10.6 Å². The second-order valence-corrected chi connectivity index (χ2v) is 8.04. The van der Waals surface area contributed by atoms with Gasteiger partial charge in [-0.05, 0) is 31.7 Å². The molecule has 1 aromatic carbocycles. The van der Waals surface area contributed by atoms with Crippen molar-refractivity contribution in [2.45, 2.75) is 23.5 Å². The molecule has 1 unspecified atom stereocenters. The summed E-state index contributed by atoms with van der Waals surface area (Å²) in [6.07, 6.45) is 1.14. The maximum Gasteiger partial charge on any atom is 0.242 e. The van der Waals surface area contributed by atoms with Crippen LogP contribution in [-0.4, -0.2) is 39.6 Å². The molecule has 0 spiro atoms. The zero-order chi connectivity index (χ0) is 14.8. The van der Waals surface area contributed by atoms with Crippen LogP contribution in [0.25, 0.3) is 0 Å². The minimum Gasteiger partial charge on any atom is -0.398 e. The Bertz CT molecular complexity index is 575. The second kappa shape index (κ2) is 6.24. The number of nitrogens with two attached hydrogens (primary N) is 1. The summed E-state index contributed by atoms with van der Waals surface area (Å²) in [5.74, 6) is 1.09. The average Bonchev–Trinajstić information content (AvgIpc) is 2.47. The van der Waals surface area contributed by atoms with Crippen molar-refractivity contribution in [3.05, 3.63) is 18.2 Å². The maximum absolute atomic E-state index is 11.8. The highest BCUT2D eigenvalue weighted by Gasteiger charge is 2.21. The molecule has 0 aliphatic carbocycles. The molecule has 1 aromatic rings. The number of sulfonamides is 1. The van der Waals surface area contributed by atoms with Crippen LogP contribution in [0.5, 0.6) is 0 Å². The highest BCUT2D eigenvalue weighted by Crippen LogP contribution is 2.29. The van der Waals surface area contributed by atoms with Crippen LogP contribution in [-0.2, 0) is 10.0 Å². The fourth-order valence-corrected chi connectivity index (χ4v) is 4.30. The summed E-state index contributed by atoms with van der Waals surface area (Å²) in [6, 6.07) is 5.18. The highest BCUT2D eigenvalue weighted by atomic mass is 32.2. The summed E-state index contributed by atoms with van der Waals surface area (Å²) in [4.78, 5) is 2.42. The molecule has 2 rings (SSSR count). The summed E-state index contributed by atoms with van der Waals surface area (Å²) in [5, 5.41) is 0.630. The first kappa shape index (κ1) is 15.5. The molecule has 0 amide bonds. The largest absolute Gasteiger partial charge is 0.398 e. The van der Waals surface area contributed by atoms with E-state index in [2.05, 4.69) is 16.5 Å². The summed E-state index contributed by atoms with van der Waals surface area (Å²) in [5.41, 5.74) is 7.20. The van der Waals surface area contributed by atoms with Crippen molar-refractivity contribution in [1.82, 2.24) is 4.72 Å². The quantitative estimate of drug-likeness (QED) is 0.824. The van der Waals surface area contributed by atoms with Gasteiger partial charge in [0.15, 0.2) is 0 Å². The van der Waals surface area contributed by atoms with E-state index in [1.165, 1.54) is 7.05 Å². The summed E-state index contributed by atoms with van der Waals surface area (Å²) in [7, 11) is -2.10. The van der Waals surface area contributed by atoms with Crippen LogP contribution in [0.4, 0.5) is 11.4 Å². The smallest absolute Gasteiger partial charge is 0.242 e. The van der Waals surface area contributed by atoms with E-state index in [4.69, 9.17) is 5.73 Å². The Kier molecular flexibility index (Phi) is 4.82. The van der Waals surface area contributed by atoms with Crippen LogP contribution < -0.4 is 15.4 Å². The van der Waals surface area contributed by atoms with Gasteiger partial charge in [0.1, 0.15) is 4.90 Å². The fourth-order valence-electron chi connectivity index (χ4n) is 2.29. The Balaban J connectivity index is 2.25. The molecule has 1 heterocycles. The van der Waals surface area contributed by atoms with E-state index in [0.717, 1.165) is 31.0 Å². The standard InChI is InChI=1S/C13H21N3O2S2/c1-3-11-9-16(6-7-19-11)10-4-5-13(12(14)8-10)20(17,18)15-2/h4-5,8,11,15H,3,6-7,9,14H2,1-2H3. The van der Waals surface area contributed by atoms with E-state index in [-0.39, 0.29) is 4.90 Å². The molecular formula is C13H21N3O2S2. The third-order valence-corrected chi connectivity index (χ3v) is 6.37. The van der Waals surface area contributed by atoms with E-state index >= 15 is 0 Å². The number of nitrogens with one attached hydrogen (secondary N) is 1. The molecule has 20 heavy (non-hydrogen) atoms. The van der Waals surface area contributed by atoms with Crippen molar-refractivity contribution >= 4 is 33.2 Å². The third-order valence-electron chi connectivity index (χ3n) is 3.51. The van der Waals surface area contributed by atoms with Crippen molar-refractivity contribution in [2.24, 2.45) is 0 Å². The zero-order valence-corrected chi connectivity index (χ0v) is 13.4. The third kappa shape index (κ3) is 3.21. The van der Waals surface area contributed by atoms with E-state index in [1.54, 1.807) is 12.1 Å². The monoisotopic (exact) mass is 315 g/mol. The SMILES string of the molecule is CCC1CN(c2ccc(S(=O)(=O)NC)c(N)c2)CCS1. The molecule has 3 N–H and O–H groups in total. The Hall–Kier alpha value is -0.920. The molecule has 5 nitrogen and oxygen atoms in total. The molecule has 1 atom stereocenters. The van der Waals surface area contributed by atoms with Gasteiger partial charge in [0.25, 0.3) is 0 Å². The van der Waals surface area contributed by atoms with Crippen LogP contribution in [0.15, 0.2) is 23.1 Å². The Morgan fingerprint density at radius 1 is 1.50 bits per heavy atom. The number of hydrogen-bond acceptors (Lipinski definition) is 5. The number of nitrogen functional groups attached to an aromatic ring is 1. The fraction of sp³-hybridized carbons (Fsp3) is 0.538. The van der Waals surface area contributed by atoms with Crippen LogP contribution in [0, 0.1) is 0 Å². The van der Waals surface area contributed by atoms with E-state index in [1.807, 2.05) is 17.8 Å². The van der Waals surface area contributed by atoms with Crippen molar-refractivity contribution < 1.29 is 8.42 Å². The minimum atomic E-state index is -3.49. The first-order valence-electron chi connectivity index (χ1n) is 6.67. The molecule has 7 heteroatoms. The van der Waals surface area contributed by atoms with Gasteiger partial charge in [0.05, 0.1) is 5.69 Å². The molecule has 1 fully saturated rings. The van der Waals surface area contributed by atoms with Crippen molar-refractivity contribution in [2.75, 3.05) is 36.5 Å². The predicted octanol–water partition coefficient (Wildman–Crippen LogP) is 1.51. The molecule has 112 valence electrons. The number of hydrogen-bond donors (Lipinski definition) is 2. The number of nitrogens with zero attached hydrogens (tertiary/aromatic N) is 1. The van der Waals surface area contributed by atoms with Gasteiger partial charge in [-0.25, -0.2) is 13.1 Å². The molecule has 0 saturated carbocycles. The van der Waals surface area contributed by atoms with Gasteiger partial charge in [-0.3, -0.25) is 0 Å². The number of benzene rings is 1. The maximum atomic E-state index is 11.8. The molecule has 1 aliphatic heterocycles. The zero-order valence-electron chi connectivity index (χ0n) is 11.8. The normalized spacial score (nSPS) is 20.1. The van der Waals surface area contributed by atoms with Gasteiger partial charge in [0, 0.05) is 29.8 Å². The Labute approximate surface area is 125 Å². The molecule has 1 aliphatic rings. The predicted molar refractivity (Wildman–Crippen MR) is 85.8 cm³/mol. The Morgan fingerprint density at radius 3 is 2.85 bits per heavy atom. The lowest BCUT2D eigenvalue weighted by atomic mass is 10.2. The summed E-state index contributed by atoms with van der Waals surface area (Å²) >= 11 is 2.00. The average molecular weight is 315 g/mol. The van der Waals surface area contributed by atoms with Gasteiger partial charge >= 0.3 is 0 Å².